The predicted octanol–water partition coefficient (Wildman–Crippen LogP) is 4.30. The normalized spacial score (nSPS) is 13.7. The molecule has 1 aromatic rings. The van der Waals surface area contributed by atoms with Crippen LogP contribution in [-0.4, -0.2) is 60.5 Å². The molecule has 0 saturated heterocycles. The van der Waals surface area contributed by atoms with Crippen molar-refractivity contribution in [1.82, 2.24) is 15.5 Å². The van der Waals surface area contributed by atoms with Crippen LogP contribution in [0.2, 0.25) is 0 Å². The molecule has 2 amide bonds. The molecular formula is C28H47N3O4. The van der Waals surface area contributed by atoms with E-state index >= 15 is 0 Å². The standard InChI is InChI=1S/C25H39N3O4.C3H8/c1-16-11-10-12-18(15-16)25(6,7)19(26-8)21(29)27-20(24(3,4)5)22(30)28(9)14-13-17(2)23(31)32;1-3-2/h10-13,15,19-20,26H,14H2,1-9H3,(H,27,29)(H,31,32);3H2,1-2H3/b17-13+;. The minimum absolute atomic E-state index is 0.143. The second kappa shape index (κ2) is 14.0. The van der Waals surface area contributed by atoms with Gasteiger partial charge in [0.2, 0.25) is 11.8 Å². The molecule has 1 aromatic carbocycles. The van der Waals surface area contributed by atoms with Gasteiger partial charge >= 0.3 is 5.97 Å². The molecule has 2 atom stereocenters. The highest BCUT2D eigenvalue weighted by molar-refractivity contribution is 5.91. The SMILES string of the molecule is CCC.CNC(C(=O)NC(C(=O)N(C)C/C=C(\C)C(=O)O)C(C)(C)C)C(C)(C)c1cccc(C)c1. The number of nitrogens with zero attached hydrogens (tertiary/aromatic N) is 1. The van der Waals surface area contributed by atoms with E-state index in [-0.39, 0.29) is 23.9 Å². The molecule has 198 valence electrons. The monoisotopic (exact) mass is 489 g/mol. The third-order valence-corrected chi connectivity index (χ3v) is 5.82. The summed E-state index contributed by atoms with van der Waals surface area (Å²) >= 11 is 0. The van der Waals surface area contributed by atoms with Crippen molar-refractivity contribution in [2.24, 2.45) is 5.41 Å². The Morgan fingerprint density at radius 3 is 2.06 bits per heavy atom. The molecule has 3 N–H and O–H groups in total. The molecule has 0 heterocycles. The quantitative estimate of drug-likeness (QED) is 0.449. The van der Waals surface area contributed by atoms with Crippen molar-refractivity contribution in [3.05, 3.63) is 47.0 Å². The molecule has 0 aromatic heterocycles. The van der Waals surface area contributed by atoms with Gasteiger partial charge in [0, 0.05) is 24.6 Å². The highest BCUT2D eigenvalue weighted by atomic mass is 16.4. The van der Waals surface area contributed by atoms with Crippen molar-refractivity contribution in [2.75, 3.05) is 20.6 Å². The zero-order valence-corrected chi connectivity index (χ0v) is 23.6. The Kier molecular flexibility index (Phi) is 13.0. The zero-order chi connectivity index (χ0) is 27.6. The average molecular weight is 490 g/mol. The molecule has 0 radical (unpaired) electrons. The van der Waals surface area contributed by atoms with Crippen LogP contribution in [-0.2, 0) is 19.8 Å². The Labute approximate surface area is 212 Å². The first-order valence-electron chi connectivity index (χ1n) is 12.2. The van der Waals surface area contributed by atoms with Gasteiger partial charge in [-0.15, -0.1) is 0 Å². The van der Waals surface area contributed by atoms with Gasteiger partial charge in [0.05, 0.1) is 6.04 Å². The summed E-state index contributed by atoms with van der Waals surface area (Å²) in [5, 5.41) is 15.1. The molecule has 0 spiro atoms. The maximum Gasteiger partial charge on any atom is 0.331 e. The number of carbonyl (C=O) groups excluding carboxylic acids is 2. The van der Waals surface area contributed by atoms with E-state index in [0.29, 0.717) is 0 Å². The van der Waals surface area contributed by atoms with Crippen LogP contribution in [0.1, 0.15) is 72.9 Å². The molecule has 2 unspecified atom stereocenters. The number of carboxylic acids is 1. The lowest BCUT2D eigenvalue weighted by molar-refractivity contribution is -0.139. The summed E-state index contributed by atoms with van der Waals surface area (Å²) in [6, 6.07) is 6.71. The summed E-state index contributed by atoms with van der Waals surface area (Å²) in [5.74, 6) is -1.57. The van der Waals surface area contributed by atoms with Crippen LogP contribution in [0.3, 0.4) is 0 Å². The van der Waals surface area contributed by atoms with E-state index in [4.69, 9.17) is 5.11 Å². The van der Waals surface area contributed by atoms with Crippen LogP contribution >= 0.6 is 0 Å². The number of amides is 2. The van der Waals surface area contributed by atoms with Crippen molar-refractivity contribution in [1.29, 1.82) is 0 Å². The van der Waals surface area contributed by atoms with E-state index < -0.39 is 28.9 Å². The predicted molar refractivity (Wildman–Crippen MR) is 143 cm³/mol. The Morgan fingerprint density at radius 2 is 1.63 bits per heavy atom. The van der Waals surface area contributed by atoms with Crippen LogP contribution in [0.25, 0.3) is 0 Å². The molecular weight excluding hydrogens is 442 g/mol. The van der Waals surface area contributed by atoms with Crippen LogP contribution in [0.15, 0.2) is 35.9 Å². The van der Waals surface area contributed by atoms with Crippen molar-refractivity contribution in [2.45, 2.75) is 86.2 Å². The molecule has 7 nitrogen and oxygen atoms in total. The zero-order valence-electron chi connectivity index (χ0n) is 23.6. The smallest absolute Gasteiger partial charge is 0.331 e. The van der Waals surface area contributed by atoms with Gasteiger partial charge in [0.1, 0.15) is 6.04 Å². The van der Waals surface area contributed by atoms with E-state index in [1.807, 2.05) is 59.7 Å². The second-order valence-corrected chi connectivity index (χ2v) is 10.7. The van der Waals surface area contributed by atoms with Crippen LogP contribution in [0.4, 0.5) is 0 Å². The summed E-state index contributed by atoms with van der Waals surface area (Å²) in [6.45, 7) is 17.6. The van der Waals surface area contributed by atoms with Crippen LogP contribution < -0.4 is 10.6 Å². The number of nitrogens with one attached hydrogen (secondary N) is 2. The highest BCUT2D eigenvalue weighted by Crippen LogP contribution is 2.29. The molecule has 7 heteroatoms. The summed E-state index contributed by atoms with van der Waals surface area (Å²) in [5.41, 5.74) is 1.23. The average Bonchev–Trinajstić information content (AvgIpc) is 2.75. The topological polar surface area (TPSA) is 98.7 Å². The molecule has 0 aliphatic rings. The van der Waals surface area contributed by atoms with Gasteiger partial charge in [-0.2, -0.15) is 0 Å². The number of carboxylic acid groups (broad SMARTS) is 1. The Morgan fingerprint density at radius 1 is 1.09 bits per heavy atom. The first kappa shape index (κ1) is 32.3. The summed E-state index contributed by atoms with van der Waals surface area (Å²) < 4.78 is 0. The number of benzene rings is 1. The Bertz CT molecular complexity index is 884. The van der Waals surface area contributed by atoms with E-state index in [1.54, 1.807) is 14.1 Å². The number of aryl methyl sites for hydroxylation is 1. The van der Waals surface area contributed by atoms with E-state index in [1.165, 1.54) is 24.3 Å². The van der Waals surface area contributed by atoms with Crippen LogP contribution in [0.5, 0.6) is 0 Å². The minimum atomic E-state index is -1.03. The lowest BCUT2D eigenvalue weighted by Crippen LogP contribution is -2.60. The first-order valence-corrected chi connectivity index (χ1v) is 12.2. The molecule has 0 aliphatic heterocycles. The number of likely N-dealkylation sites (N-methyl/N-ethyl adjacent to an activating group) is 2. The van der Waals surface area contributed by atoms with Gasteiger partial charge in [0.25, 0.3) is 0 Å². The van der Waals surface area contributed by atoms with Gasteiger partial charge < -0.3 is 20.6 Å². The number of carbonyl (C=O) groups is 3. The fourth-order valence-corrected chi connectivity index (χ4v) is 3.58. The van der Waals surface area contributed by atoms with Crippen LogP contribution in [0, 0.1) is 12.3 Å². The van der Waals surface area contributed by atoms with Gasteiger partial charge in [-0.1, -0.05) is 90.8 Å². The van der Waals surface area contributed by atoms with Crippen molar-refractivity contribution < 1.29 is 19.5 Å². The number of rotatable bonds is 9. The molecule has 0 aliphatic carbocycles. The molecule has 35 heavy (non-hydrogen) atoms. The van der Waals surface area contributed by atoms with Gasteiger partial charge in [-0.25, -0.2) is 4.79 Å². The fraction of sp³-hybridized carbons (Fsp3) is 0.607. The van der Waals surface area contributed by atoms with Crippen molar-refractivity contribution in [3.8, 4) is 0 Å². The fourth-order valence-electron chi connectivity index (χ4n) is 3.58. The molecule has 0 fully saturated rings. The minimum Gasteiger partial charge on any atom is -0.478 e. The van der Waals surface area contributed by atoms with E-state index in [2.05, 4.69) is 30.5 Å². The highest BCUT2D eigenvalue weighted by Gasteiger charge is 2.40. The van der Waals surface area contributed by atoms with Crippen molar-refractivity contribution >= 4 is 17.8 Å². The van der Waals surface area contributed by atoms with Crippen molar-refractivity contribution in [3.63, 3.8) is 0 Å². The number of hydrogen-bond donors (Lipinski definition) is 3. The maximum atomic E-state index is 13.4. The Balaban J connectivity index is 0.00000365. The summed E-state index contributed by atoms with van der Waals surface area (Å²) in [7, 11) is 3.34. The lowest BCUT2D eigenvalue weighted by Gasteiger charge is -2.38. The first-order chi connectivity index (χ1) is 16.0. The third-order valence-electron chi connectivity index (χ3n) is 5.82. The van der Waals surface area contributed by atoms with Gasteiger partial charge in [-0.05, 0) is 31.9 Å². The number of aliphatic carboxylic acids is 1. The number of hydrogen-bond acceptors (Lipinski definition) is 4. The second-order valence-electron chi connectivity index (χ2n) is 10.7. The third kappa shape index (κ3) is 9.84. The van der Waals surface area contributed by atoms with E-state index in [0.717, 1.165) is 11.1 Å². The lowest BCUT2D eigenvalue weighted by atomic mass is 9.76. The molecule has 0 saturated carbocycles. The van der Waals surface area contributed by atoms with Gasteiger partial charge in [-0.3, -0.25) is 9.59 Å². The van der Waals surface area contributed by atoms with E-state index in [9.17, 15) is 14.4 Å². The molecule has 0 bridgehead atoms. The maximum absolute atomic E-state index is 13.4. The summed E-state index contributed by atoms with van der Waals surface area (Å²) in [4.78, 5) is 39.0. The largest absolute Gasteiger partial charge is 0.478 e. The summed E-state index contributed by atoms with van der Waals surface area (Å²) in [6.07, 6.45) is 2.74. The molecule has 1 rings (SSSR count). The van der Waals surface area contributed by atoms with Gasteiger partial charge in [0.15, 0.2) is 0 Å². The Hall–Kier alpha value is -2.67.